The fourth-order valence-corrected chi connectivity index (χ4v) is 4.17. The number of anilines is 1. The maximum atomic E-state index is 14.4. The summed E-state index contributed by atoms with van der Waals surface area (Å²) in [7, 11) is -2.50. The number of amides is 1. The first-order valence-electron chi connectivity index (χ1n) is 9.66. The highest BCUT2D eigenvalue weighted by atomic mass is 32.2. The minimum atomic E-state index is -3.94. The van der Waals surface area contributed by atoms with E-state index in [2.05, 4.69) is 5.32 Å². The first-order chi connectivity index (χ1) is 14.8. The number of ether oxygens (including phenoxy) is 1. The Morgan fingerprint density at radius 2 is 1.71 bits per heavy atom. The van der Waals surface area contributed by atoms with E-state index in [9.17, 15) is 17.6 Å². The molecule has 3 rings (SSSR count). The van der Waals surface area contributed by atoms with Crippen LogP contribution in [0.3, 0.4) is 0 Å². The summed E-state index contributed by atoms with van der Waals surface area (Å²) in [6.07, 6.45) is 0. The molecule has 0 fully saturated rings. The molecule has 1 amide bonds. The van der Waals surface area contributed by atoms with Crippen molar-refractivity contribution in [1.82, 2.24) is 4.31 Å². The van der Waals surface area contributed by atoms with Crippen LogP contribution in [-0.2, 0) is 16.6 Å². The van der Waals surface area contributed by atoms with Gasteiger partial charge >= 0.3 is 0 Å². The number of benzene rings is 3. The standard InChI is InChI=1S/C23H23FN2O4S/c1-3-30-22-12-8-7-11-21(22)25-23(27)19-15-18(13-14-20(19)24)31(28,29)26(2)16-17-9-5-4-6-10-17/h4-15H,3,16H2,1-2H3,(H,25,27). The molecule has 8 heteroatoms. The third-order valence-electron chi connectivity index (χ3n) is 4.57. The number of hydrogen-bond donors (Lipinski definition) is 1. The molecule has 0 aliphatic carbocycles. The Hall–Kier alpha value is -3.23. The summed E-state index contributed by atoms with van der Waals surface area (Å²) in [6, 6.07) is 19.0. The molecule has 0 saturated carbocycles. The number of halogens is 1. The van der Waals surface area contributed by atoms with Gasteiger partial charge in [-0.2, -0.15) is 4.31 Å². The molecule has 3 aromatic carbocycles. The van der Waals surface area contributed by atoms with Crippen molar-refractivity contribution in [3.8, 4) is 5.75 Å². The van der Waals surface area contributed by atoms with Crippen molar-refractivity contribution in [1.29, 1.82) is 0 Å². The van der Waals surface area contributed by atoms with E-state index in [1.165, 1.54) is 7.05 Å². The number of carbonyl (C=O) groups excluding carboxylic acids is 1. The number of para-hydroxylation sites is 2. The quantitative estimate of drug-likeness (QED) is 0.565. The van der Waals surface area contributed by atoms with E-state index in [1.807, 2.05) is 30.3 Å². The summed E-state index contributed by atoms with van der Waals surface area (Å²) in [6.45, 7) is 2.34. The van der Waals surface area contributed by atoms with E-state index < -0.39 is 21.7 Å². The van der Waals surface area contributed by atoms with Gasteiger partial charge in [0.25, 0.3) is 5.91 Å². The number of rotatable bonds is 8. The molecule has 31 heavy (non-hydrogen) atoms. The second-order valence-corrected chi connectivity index (χ2v) is 8.82. The maximum absolute atomic E-state index is 14.4. The van der Waals surface area contributed by atoms with Crippen LogP contribution in [-0.4, -0.2) is 32.3 Å². The Bertz CT molecular complexity index is 1170. The lowest BCUT2D eigenvalue weighted by Crippen LogP contribution is -2.27. The van der Waals surface area contributed by atoms with Gasteiger partial charge in [0.15, 0.2) is 0 Å². The highest BCUT2D eigenvalue weighted by Crippen LogP contribution is 2.26. The normalized spacial score (nSPS) is 11.4. The zero-order valence-corrected chi connectivity index (χ0v) is 18.0. The van der Waals surface area contributed by atoms with Crippen molar-refractivity contribution in [2.75, 3.05) is 19.0 Å². The van der Waals surface area contributed by atoms with E-state index in [0.29, 0.717) is 18.0 Å². The molecule has 0 unspecified atom stereocenters. The lowest BCUT2D eigenvalue weighted by molar-refractivity contribution is 0.102. The number of carbonyl (C=O) groups is 1. The monoisotopic (exact) mass is 442 g/mol. The van der Waals surface area contributed by atoms with Gasteiger partial charge < -0.3 is 10.1 Å². The molecule has 6 nitrogen and oxygen atoms in total. The predicted octanol–water partition coefficient (Wildman–Crippen LogP) is 4.30. The molecule has 0 saturated heterocycles. The number of nitrogens with zero attached hydrogens (tertiary/aromatic N) is 1. The zero-order chi connectivity index (χ0) is 22.4. The van der Waals surface area contributed by atoms with Crippen LogP contribution in [0.15, 0.2) is 77.7 Å². The summed E-state index contributed by atoms with van der Waals surface area (Å²) in [4.78, 5) is 12.5. The van der Waals surface area contributed by atoms with Crippen LogP contribution < -0.4 is 10.1 Å². The van der Waals surface area contributed by atoms with Gasteiger partial charge in [-0.15, -0.1) is 0 Å². The summed E-state index contributed by atoms with van der Waals surface area (Å²) < 4.78 is 47.0. The van der Waals surface area contributed by atoms with E-state index in [-0.39, 0.29) is 17.0 Å². The highest BCUT2D eigenvalue weighted by molar-refractivity contribution is 7.89. The van der Waals surface area contributed by atoms with Crippen molar-refractivity contribution in [3.05, 3.63) is 89.7 Å². The molecule has 3 aromatic rings. The van der Waals surface area contributed by atoms with E-state index in [0.717, 1.165) is 28.1 Å². The number of sulfonamides is 1. The summed E-state index contributed by atoms with van der Waals surface area (Å²) in [5, 5.41) is 2.59. The molecule has 0 bridgehead atoms. The zero-order valence-electron chi connectivity index (χ0n) is 17.2. The largest absolute Gasteiger partial charge is 0.492 e. The molecular weight excluding hydrogens is 419 g/mol. The van der Waals surface area contributed by atoms with Crippen LogP contribution in [0.2, 0.25) is 0 Å². The fourth-order valence-electron chi connectivity index (χ4n) is 2.99. The molecule has 0 heterocycles. The number of nitrogens with one attached hydrogen (secondary N) is 1. The topological polar surface area (TPSA) is 75.7 Å². The van der Waals surface area contributed by atoms with Gasteiger partial charge in [0.1, 0.15) is 11.6 Å². The Balaban J connectivity index is 1.86. The van der Waals surface area contributed by atoms with E-state index in [1.54, 1.807) is 31.2 Å². The van der Waals surface area contributed by atoms with Crippen LogP contribution in [0.4, 0.5) is 10.1 Å². The van der Waals surface area contributed by atoms with Crippen molar-refractivity contribution >= 4 is 21.6 Å². The third kappa shape index (κ3) is 5.28. The minimum Gasteiger partial charge on any atom is -0.492 e. The molecule has 0 aliphatic heterocycles. The van der Waals surface area contributed by atoms with Gasteiger partial charge in [-0.05, 0) is 42.8 Å². The third-order valence-corrected chi connectivity index (χ3v) is 6.37. The van der Waals surface area contributed by atoms with Gasteiger partial charge in [-0.3, -0.25) is 4.79 Å². The first kappa shape index (κ1) is 22.5. The minimum absolute atomic E-state index is 0.143. The molecule has 0 aliphatic rings. The molecular formula is C23H23FN2O4S. The van der Waals surface area contributed by atoms with Gasteiger partial charge in [0.05, 0.1) is 22.8 Å². The molecule has 0 aromatic heterocycles. The second-order valence-electron chi connectivity index (χ2n) is 6.77. The van der Waals surface area contributed by atoms with E-state index >= 15 is 0 Å². The van der Waals surface area contributed by atoms with E-state index in [4.69, 9.17) is 4.74 Å². The van der Waals surface area contributed by atoms with Crippen LogP contribution in [0.5, 0.6) is 5.75 Å². The Kier molecular flexibility index (Phi) is 7.04. The Morgan fingerprint density at radius 1 is 1.03 bits per heavy atom. The van der Waals surface area contributed by atoms with Gasteiger partial charge in [0.2, 0.25) is 10.0 Å². The van der Waals surface area contributed by atoms with Crippen molar-refractivity contribution in [2.45, 2.75) is 18.4 Å². The molecule has 0 radical (unpaired) electrons. The Labute approximate surface area is 181 Å². The predicted molar refractivity (Wildman–Crippen MR) is 117 cm³/mol. The SMILES string of the molecule is CCOc1ccccc1NC(=O)c1cc(S(=O)(=O)N(C)Cc2ccccc2)ccc1F. The summed E-state index contributed by atoms with van der Waals surface area (Å²) >= 11 is 0. The van der Waals surface area contributed by atoms with Crippen LogP contribution >= 0.6 is 0 Å². The van der Waals surface area contributed by atoms with Crippen LogP contribution in [0.1, 0.15) is 22.8 Å². The van der Waals surface area contributed by atoms with Crippen LogP contribution in [0, 0.1) is 5.82 Å². The average molecular weight is 443 g/mol. The lowest BCUT2D eigenvalue weighted by Gasteiger charge is -2.18. The van der Waals surface area contributed by atoms with Crippen LogP contribution in [0.25, 0.3) is 0 Å². The Morgan fingerprint density at radius 3 is 2.42 bits per heavy atom. The van der Waals surface area contributed by atoms with Crippen molar-refractivity contribution < 1.29 is 22.3 Å². The van der Waals surface area contributed by atoms with Gasteiger partial charge in [-0.1, -0.05) is 42.5 Å². The maximum Gasteiger partial charge on any atom is 0.258 e. The van der Waals surface area contributed by atoms with Crippen molar-refractivity contribution in [2.24, 2.45) is 0 Å². The first-order valence-corrected chi connectivity index (χ1v) is 11.1. The molecule has 0 atom stereocenters. The summed E-state index contributed by atoms with van der Waals surface area (Å²) in [5.41, 5.74) is 0.796. The molecule has 0 spiro atoms. The van der Waals surface area contributed by atoms with Gasteiger partial charge in [0, 0.05) is 13.6 Å². The number of hydrogen-bond acceptors (Lipinski definition) is 4. The highest BCUT2D eigenvalue weighted by Gasteiger charge is 2.24. The van der Waals surface area contributed by atoms with Gasteiger partial charge in [-0.25, -0.2) is 12.8 Å². The fraction of sp³-hybridized carbons (Fsp3) is 0.174. The average Bonchev–Trinajstić information content (AvgIpc) is 2.76. The molecule has 162 valence electrons. The smallest absolute Gasteiger partial charge is 0.258 e. The second kappa shape index (κ2) is 9.72. The summed E-state index contributed by atoms with van der Waals surface area (Å²) in [5.74, 6) is -1.16. The lowest BCUT2D eigenvalue weighted by atomic mass is 10.2. The molecule has 1 N–H and O–H groups in total. The van der Waals surface area contributed by atoms with Crippen molar-refractivity contribution in [3.63, 3.8) is 0 Å².